The molecule has 5 heteroatoms. The number of rotatable bonds is 6. The molecule has 2 aromatic carbocycles. The molecule has 0 amide bonds. The van der Waals surface area contributed by atoms with Crippen LogP contribution in [0.5, 0.6) is 11.5 Å². The van der Waals surface area contributed by atoms with E-state index in [2.05, 4.69) is 0 Å². The number of halogens is 1. The number of hydrogen-bond donors (Lipinski definition) is 0. The quantitative estimate of drug-likeness (QED) is 0.489. The first-order chi connectivity index (χ1) is 11.7. The predicted octanol–water partition coefficient (Wildman–Crippen LogP) is 4.48. The summed E-state index contributed by atoms with van der Waals surface area (Å²) in [6, 6.07) is 14.6. The van der Waals surface area contributed by atoms with Gasteiger partial charge in [0.25, 0.3) is 0 Å². The van der Waals surface area contributed by atoms with Gasteiger partial charge in [0.1, 0.15) is 11.3 Å². The van der Waals surface area contributed by atoms with E-state index in [4.69, 9.17) is 25.5 Å². The molecule has 0 aliphatic rings. The molecule has 1 aromatic heterocycles. The summed E-state index contributed by atoms with van der Waals surface area (Å²) in [5.41, 5.74) is 1.06. The summed E-state index contributed by atoms with van der Waals surface area (Å²) in [6.07, 6.45) is 0.644. The third-order valence-electron chi connectivity index (χ3n) is 3.62. The lowest BCUT2D eigenvalue weighted by Gasteiger charge is -2.11. The lowest BCUT2D eigenvalue weighted by molar-refractivity contribution is 0.309. The van der Waals surface area contributed by atoms with Crippen molar-refractivity contribution in [1.82, 2.24) is 0 Å². The van der Waals surface area contributed by atoms with Gasteiger partial charge in [-0.05, 0) is 24.6 Å². The molecule has 0 fully saturated rings. The summed E-state index contributed by atoms with van der Waals surface area (Å²) in [5, 5.41) is 0.426. The maximum Gasteiger partial charge on any atom is 0.235 e. The fourth-order valence-corrected chi connectivity index (χ4v) is 2.53. The molecule has 1 heterocycles. The van der Waals surface area contributed by atoms with Gasteiger partial charge in [-0.2, -0.15) is 0 Å². The smallest absolute Gasteiger partial charge is 0.235 e. The summed E-state index contributed by atoms with van der Waals surface area (Å²) >= 11 is 5.70. The minimum Gasteiger partial charge on any atom is -0.497 e. The second-order valence-corrected chi connectivity index (χ2v) is 5.59. The lowest BCUT2D eigenvalue weighted by atomic mass is 10.1. The van der Waals surface area contributed by atoms with Crippen LogP contribution in [0.1, 0.15) is 6.42 Å². The van der Waals surface area contributed by atoms with Crippen LogP contribution >= 0.6 is 11.6 Å². The van der Waals surface area contributed by atoms with Crippen LogP contribution in [-0.4, -0.2) is 19.6 Å². The first-order valence-corrected chi connectivity index (χ1v) is 8.17. The van der Waals surface area contributed by atoms with E-state index in [0.717, 1.165) is 5.56 Å². The SMILES string of the molecule is COc1ccc2oc(-c3ccccc3)c(OCCCCl)c(=O)c2c1. The molecule has 0 atom stereocenters. The molecule has 3 rings (SSSR count). The van der Waals surface area contributed by atoms with Gasteiger partial charge in [-0.1, -0.05) is 30.3 Å². The molecule has 0 unspecified atom stereocenters. The first kappa shape index (κ1) is 16.4. The molecule has 0 aliphatic heterocycles. The van der Waals surface area contributed by atoms with Crippen molar-refractivity contribution in [2.45, 2.75) is 6.42 Å². The van der Waals surface area contributed by atoms with E-state index in [0.29, 0.717) is 41.4 Å². The summed E-state index contributed by atoms with van der Waals surface area (Å²) in [5.74, 6) is 1.68. The van der Waals surface area contributed by atoms with E-state index in [1.54, 1.807) is 25.3 Å². The van der Waals surface area contributed by atoms with Crippen molar-refractivity contribution in [3.63, 3.8) is 0 Å². The Morgan fingerprint density at radius 1 is 1.12 bits per heavy atom. The van der Waals surface area contributed by atoms with Crippen molar-refractivity contribution in [1.29, 1.82) is 0 Å². The molecular weight excluding hydrogens is 328 g/mol. The third kappa shape index (κ3) is 3.24. The number of alkyl halides is 1. The molecule has 124 valence electrons. The van der Waals surface area contributed by atoms with Gasteiger partial charge in [-0.15, -0.1) is 11.6 Å². The highest BCUT2D eigenvalue weighted by Gasteiger charge is 2.18. The Labute approximate surface area is 144 Å². The van der Waals surface area contributed by atoms with Gasteiger partial charge in [0.15, 0.2) is 5.76 Å². The Morgan fingerprint density at radius 3 is 2.62 bits per heavy atom. The summed E-state index contributed by atoms with van der Waals surface area (Å²) in [7, 11) is 1.55. The normalized spacial score (nSPS) is 10.8. The van der Waals surface area contributed by atoms with Crippen LogP contribution in [0.4, 0.5) is 0 Å². The van der Waals surface area contributed by atoms with Crippen LogP contribution in [0.3, 0.4) is 0 Å². The van der Waals surface area contributed by atoms with Crippen molar-refractivity contribution in [3.8, 4) is 22.8 Å². The van der Waals surface area contributed by atoms with E-state index in [1.807, 2.05) is 30.3 Å². The van der Waals surface area contributed by atoms with E-state index in [1.165, 1.54) is 0 Å². The second-order valence-electron chi connectivity index (χ2n) is 5.21. The van der Waals surface area contributed by atoms with Gasteiger partial charge in [0.05, 0.1) is 19.1 Å². The van der Waals surface area contributed by atoms with Crippen molar-refractivity contribution in [3.05, 3.63) is 58.8 Å². The standard InChI is InChI=1S/C19H17ClO4/c1-22-14-8-9-16-15(12-14)17(21)19(23-11-5-10-20)18(24-16)13-6-3-2-4-7-13/h2-4,6-9,12H,5,10-11H2,1H3. The minimum atomic E-state index is -0.219. The van der Waals surface area contributed by atoms with Crippen LogP contribution in [0.25, 0.3) is 22.3 Å². The van der Waals surface area contributed by atoms with Crippen LogP contribution in [-0.2, 0) is 0 Å². The number of ether oxygens (including phenoxy) is 2. The second kappa shape index (κ2) is 7.41. The molecule has 0 aliphatic carbocycles. The Bertz CT molecular complexity index is 887. The molecule has 0 saturated heterocycles. The maximum atomic E-state index is 12.9. The monoisotopic (exact) mass is 344 g/mol. The molecule has 0 bridgehead atoms. The minimum absolute atomic E-state index is 0.201. The zero-order chi connectivity index (χ0) is 16.9. The molecule has 0 radical (unpaired) electrons. The molecule has 0 saturated carbocycles. The molecular formula is C19H17ClO4. The highest BCUT2D eigenvalue weighted by atomic mass is 35.5. The van der Waals surface area contributed by atoms with Crippen LogP contribution in [0.2, 0.25) is 0 Å². The fourth-order valence-electron chi connectivity index (χ4n) is 2.42. The Kier molecular flexibility index (Phi) is 5.06. The van der Waals surface area contributed by atoms with Crippen molar-refractivity contribution in [2.75, 3.05) is 19.6 Å². The van der Waals surface area contributed by atoms with E-state index >= 15 is 0 Å². The predicted molar refractivity (Wildman–Crippen MR) is 95.3 cm³/mol. The zero-order valence-corrected chi connectivity index (χ0v) is 14.0. The van der Waals surface area contributed by atoms with Gasteiger partial charge in [0, 0.05) is 11.4 Å². The summed E-state index contributed by atoms with van der Waals surface area (Å²) < 4.78 is 16.9. The molecule has 0 N–H and O–H groups in total. The fraction of sp³-hybridized carbons (Fsp3) is 0.211. The highest BCUT2D eigenvalue weighted by Crippen LogP contribution is 2.32. The van der Waals surface area contributed by atoms with Gasteiger partial charge in [-0.25, -0.2) is 0 Å². The summed E-state index contributed by atoms with van der Waals surface area (Å²) in [6.45, 7) is 0.351. The van der Waals surface area contributed by atoms with Crippen molar-refractivity contribution in [2.24, 2.45) is 0 Å². The lowest BCUT2D eigenvalue weighted by Crippen LogP contribution is -2.11. The largest absolute Gasteiger partial charge is 0.497 e. The summed E-state index contributed by atoms with van der Waals surface area (Å²) in [4.78, 5) is 12.9. The van der Waals surface area contributed by atoms with E-state index < -0.39 is 0 Å². The van der Waals surface area contributed by atoms with E-state index in [-0.39, 0.29) is 11.2 Å². The third-order valence-corrected chi connectivity index (χ3v) is 3.88. The molecule has 3 aromatic rings. The van der Waals surface area contributed by atoms with Crippen LogP contribution in [0, 0.1) is 0 Å². The van der Waals surface area contributed by atoms with Gasteiger partial charge in [-0.3, -0.25) is 4.79 Å². The number of hydrogen-bond acceptors (Lipinski definition) is 4. The first-order valence-electron chi connectivity index (χ1n) is 7.63. The van der Waals surface area contributed by atoms with E-state index in [9.17, 15) is 4.79 Å². The number of benzene rings is 2. The number of fused-ring (bicyclic) bond motifs is 1. The topological polar surface area (TPSA) is 48.7 Å². The Hall–Kier alpha value is -2.46. The van der Waals surface area contributed by atoms with Gasteiger partial charge >= 0.3 is 0 Å². The van der Waals surface area contributed by atoms with Crippen LogP contribution < -0.4 is 14.9 Å². The highest BCUT2D eigenvalue weighted by molar-refractivity contribution is 6.17. The van der Waals surface area contributed by atoms with Crippen LogP contribution in [0.15, 0.2) is 57.7 Å². The van der Waals surface area contributed by atoms with Crippen molar-refractivity contribution >= 4 is 22.6 Å². The zero-order valence-electron chi connectivity index (χ0n) is 13.3. The Morgan fingerprint density at radius 2 is 1.92 bits per heavy atom. The average molecular weight is 345 g/mol. The number of methoxy groups -OCH3 is 1. The van der Waals surface area contributed by atoms with Gasteiger partial charge in [0.2, 0.25) is 11.2 Å². The maximum absolute atomic E-state index is 12.9. The Balaban J connectivity index is 2.20. The average Bonchev–Trinajstić information content (AvgIpc) is 2.64. The molecule has 24 heavy (non-hydrogen) atoms. The van der Waals surface area contributed by atoms with Gasteiger partial charge < -0.3 is 13.9 Å². The van der Waals surface area contributed by atoms with Crippen molar-refractivity contribution < 1.29 is 13.9 Å². The molecule has 0 spiro atoms. The molecule has 4 nitrogen and oxygen atoms in total.